The normalized spacial score (nSPS) is 26.9. The summed E-state index contributed by atoms with van der Waals surface area (Å²) in [5.74, 6) is -2.76. The smallest absolute Gasteiger partial charge is 0.475 e. The van der Waals surface area contributed by atoms with E-state index >= 15 is 0 Å². The largest absolute Gasteiger partial charge is 0.490 e. The molecule has 1 aliphatic carbocycles. The molecule has 2 aliphatic rings. The monoisotopic (exact) mass is 402 g/mol. The molecule has 28 heavy (non-hydrogen) atoms. The fourth-order valence-electron chi connectivity index (χ4n) is 3.71. The van der Waals surface area contributed by atoms with Crippen LogP contribution < -0.4 is 5.73 Å². The SMILES string of the molecule is CC1(C)OC(=O)N([C@H]2CC[C@H](N)CC2)C1c1ccccc1.O=C(O)C(F)(F)F. The number of carbonyl (C=O) groups is 2. The summed E-state index contributed by atoms with van der Waals surface area (Å²) in [4.78, 5) is 23.3. The highest BCUT2D eigenvalue weighted by Gasteiger charge is 2.51. The molecule has 0 bridgehead atoms. The van der Waals surface area contributed by atoms with Crippen LogP contribution >= 0.6 is 0 Å². The van der Waals surface area contributed by atoms with Crippen molar-refractivity contribution >= 4 is 12.1 Å². The quantitative estimate of drug-likeness (QED) is 0.784. The first-order valence-corrected chi connectivity index (χ1v) is 9.05. The third kappa shape index (κ3) is 5.15. The Morgan fingerprint density at radius 2 is 1.68 bits per heavy atom. The lowest BCUT2D eigenvalue weighted by molar-refractivity contribution is -0.192. The number of hydrogen-bond acceptors (Lipinski definition) is 4. The molecular weight excluding hydrogens is 377 g/mol. The van der Waals surface area contributed by atoms with Crippen LogP contribution in [0, 0.1) is 0 Å². The summed E-state index contributed by atoms with van der Waals surface area (Å²) in [6.07, 6.45) is -1.37. The van der Waals surface area contributed by atoms with Gasteiger partial charge in [0, 0.05) is 12.1 Å². The summed E-state index contributed by atoms with van der Waals surface area (Å²) < 4.78 is 37.4. The predicted octanol–water partition coefficient (Wildman–Crippen LogP) is 3.86. The molecule has 6 nitrogen and oxygen atoms in total. The number of halogens is 3. The van der Waals surface area contributed by atoms with Crippen LogP contribution in [0.5, 0.6) is 0 Å². The molecule has 156 valence electrons. The summed E-state index contributed by atoms with van der Waals surface area (Å²) in [6.45, 7) is 3.99. The first-order chi connectivity index (χ1) is 12.9. The molecule has 1 aliphatic heterocycles. The molecule has 1 amide bonds. The van der Waals surface area contributed by atoms with Gasteiger partial charge in [-0.05, 0) is 45.1 Å². The average Bonchev–Trinajstić information content (AvgIpc) is 2.84. The lowest BCUT2D eigenvalue weighted by atomic mass is 9.86. The van der Waals surface area contributed by atoms with E-state index in [4.69, 9.17) is 20.4 Å². The van der Waals surface area contributed by atoms with E-state index in [0.717, 1.165) is 31.2 Å². The van der Waals surface area contributed by atoms with E-state index in [2.05, 4.69) is 12.1 Å². The van der Waals surface area contributed by atoms with Crippen molar-refractivity contribution in [3.8, 4) is 0 Å². The standard InChI is InChI=1S/C17H24N2O2.C2HF3O2/c1-17(2)15(12-6-4-3-5-7-12)19(16(20)21-17)14-10-8-13(18)9-11-14;3-2(4,5)1(6)7/h3-7,13-15H,8-11,18H2,1-2H3;(H,6,7)/t13-,14-,15?;. The van der Waals surface area contributed by atoms with Crippen molar-refractivity contribution in [2.45, 2.75) is 69.4 Å². The summed E-state index contributed by atoms with van der Waals surface area (Å²) in [5.41, 5.74) is 6.63. The van der Waals surface area contributed by atoms with Crippen LogP contribution in [-0.2, 0) is 9.53 Å². The van der Waals surface area contributed by atoms with Crippen molar-refractivity contribution in [3.05, 3.63) is 35.9 Å². The lowest BCUT2D eigenvalue weighted by Gasteiger charge is -2.37. The Balaban J connectivity index is 0.000000345. The van der Waals surface area contributed by atoms with Crippen molar-refractivity contribution in [1.29, 1.82) is 0 Å². The minimum absolute atomic E-state index is 0.0227. The van der Waals surface area contributed by atoms with E-state index in [9.17, 15) is 18.0 Å². The van der Waals surface area contributed by atoms with Crippen LogP contribution in [0.4, 0.5) is 18.0 Å². The molecule has 0 radical (unpaired) electrons. The second-order valence-corrected chi connectivity index (χ2v) is 7.56. The third-order valence-corrected chi connectivity index (χ3v) is 4.99. The molecule has 3 rings (SSSR count). The average molecular weight is 402 g/mol. The Morgan fingerprint density at radius 1 is 1.18 bits per heavy atom. The first-order valence-electron chi connectivity index (χ1n) is 9.05. The number of alkyl halides is 3. The molecule has 1 aromatic carbocycles. The van der Waals surface area contributed by atoms with Gasteiger partial charge in [-0.3, -0.25) is 4.90 Å². The number of carboxylic acid groups (broad SMARTS) is 1. The predicted molar refractivity (Wildman–Crippen MR) is 95.5 cm³/mol. The number of ether oxygens (including phenoxy) is 1. The summed E-state index contributed by atoms with van der Waals surface area (Å²) in [5, 5.41) is 7.12. The number of aliphatic carboxylic acids is 1. The zero-order valence-electron chi connectivity index (χ0n) is 15.8. The third-order valence-electron chi connectivity index (χ3n) is 4.99. The first kappa shape index (κ1) is 22.0. The Bertz CT molecular complexity index is 686. The van der Waals surface area contributed by atoms with Crippen molar-refractivity contribution in [2.75, 3.05) is 0 Å². The van der Waals surface area contributed by atoms with Crippen molar-refractivity contribution in [3.63, 3.8) is 0 Å². The fraction of sp³-hybridized carbons (Fsp3) is 0.579. The van der Waals surface area contributed by atoms with E-state index in [-0.39, 0.29) is 24.2 Å². The molecule has 0 aromatic heterocycles. The minimum Gasteiger partial charge on any atom is -0.475 e. The van der Waals surface area contributed by atoms with Gasteiger partial charge in [0.05, 0.1) is 6.04 Å². The highest BCUT2D eigenvalue weighted by atomic mass is 19.4. The Hall–Kier alpha value is -2.29. The molecule has 1 atom stereocenters. The van der Waals surface area contributed by atoms with E-state index < -0.39 is 17.7 Å². The topological polar surface area (TPSA) is 92.9 Å². The molecule has 0 spiro atoms. The molecule has 2 fully saturated rings. The van der Waals surface area contributed by atoms with Crippen molar-refractivity contribution in [2.24, 2.45) is 5.73 Å². The number of cyclic esters (lactones) is 1. The number of carboxylic acids is 1. The van der Waals surface area contributed by atoms with Crippen LogP contribution in [0.1, 0.15) is 51.1 Å². The number of amides is 1. The van der Waals surface area contributed by atoms with Crippen LogP contribution in [0.3, 0.4) is 0 Å². The van der Waals surface area contributed by atoms with Crippen molar-refractivity contribution in [1.82, 2.24) is 4.90 Å². The van der Waals surface area contributed by atoms with Crippen molar-refractivity contribution < 1.29 is 32.6 Å². The number of nitrogens with zero attached hydrogens (tertiary/aromatic N) is 1. The van der Waals surface area contributed by atoms with E-state index in [1.54, 1.807) is 0 Å². The van der Waals surface area contributed by atoms with Gasteiger partial charge in [0.15, 0.2) is 0 Å². The van der Waals surface area contributed by atoms with Gasteiger partial charge in [0.2, 0.25) is 0 Å². The molecule has 1 saturated carbocycles. The van der Waals surface area contributed by atoms with Gasteiger partial charge in [-0.1, -0.05) is 30.3 Å². The van der Waals surface area contributed by atoms with Crippen LogP contribution in [0.2, 0.25) is 0 Å². The van der Waals surface area contributed by atoms with Gasteiger partial charge in [0.1, 0.15) is 5.60 Å². The van der Waals surface area contributed by atoms with E-state index in [1.165, 1.54) is 0 Å². The van der Waals surface area contributed by atoms with Gasteiger partial charge < -0.3 is 15.6 Å². The highest BCUT2D eigenvalue weighted by Crippen LogP contribution is 2.44. The number of nitrogens with two attached hydrogens (primary N) is 1. The highest BCUT2D eigenvalue weighted by molar-refractivity contribution is 5.73. The lowest BCUT2D eigenvalue weighted by Crippen LogP contribution is -2.44. The molecule has 1 heterocycles. The number of benzene rings is 1. The number of hydrogen-bond donors (Lipinski definition) is 2. The molecule has 9 heteroatoms. The number of rotatable bonds is 2. The molecular formula is C19H25F3N2O4. The molecule has 1 aromatic rings. The van der Waals surface area contributed by atoms with Gasteiger partial charge in [-0.15, -0.1) is 0 Å². The Morgan fingerprint density at radius 3 is 2.14 bits per heavy atom. The summed E-state index contributed by atoms with van der Waals surface area (Å²) in [7, 11) is 0. The molecule has 1 unspecified atom stereocenters. The zero-order chi connectivity index (χ0) is 21.1. The van der Waals surface area contributed by atoms with E-state index in [0.29, 0.717) is 0 Å². The zero-order valence-corrected chi connectivity index (χ0v) is 15.8. The summed E-state index contributed by atoms with van der Waals surface area (Å²) >= 11 is 0. The fourth-order valence-corrected chi connectivity index (χ4v) is 3.71. The Kier molecular flexibility index (Phi) is 6.59. The Labute approximate surface area is 161 Å². The molecule has 3 N–H and O–H groups in total. The maximum atomic E-state index is 12.4. The minimum atomic E-state index is -5.08. The molecule has 1 saturated heterocycles. The maximum Gasteiger partial charge on any atom is 0.490 e. The van der Waals surface area contributed by atoms with E-state index in [1.807, 2.05) is 36.9 Å². The van der Waals surface area contributed by atoms with Gasteiger partial charge in [-0.25, -0.2) is 9.59 Å². The van der Waals surface area contributed by atoms with Crippen LogP contribution in [0.25, 0.3) is 0 Å². The van der Waals surface area contributed by atoms with Gasteiger partial charge in [-0.2, -0.15) is 13.2 Å². The number of carbonyl (C=O) groups excluding carboxylic acids is 1. The van der Waals surface area contributed by atoms with Crippen LogP contribution in [-0.4, -0.2) is 45.9 Å². The van der Waals surface area contributed by atoms with Gasteiger partial charge >= 0.3 is 18.2 Å². The van der Waals surface area contributed by atoms with Crippen LogP contribution in [0.15, 0.2) is 30.3 Å². The maximum absolute atomic E-state index is 12.4. The van der Waals surface area contributed by atoms with Gasteiger partial charge in [0.25, 0.3) is 0 Å². The second kappa shape index (κ2) is 8.38. The second-order valence-electron chi connectivity index (χ2n) is 7.56. The summed E-state index contributed by atoms with van der Waals surface area (Å²) in [6, 6.07) is 10.7.